The molecule has 0 saturated heterocycles. The summed E-state index contributed by atoms with van der Waals surface area (Å²) in [6.07, 6.45) is 2.15. The second-order valence-electron chi connectivity index (χ2n) is 13.5. The van der Waals surface area contributed by atoms with Crippen LogP contribution in [0.4, 0.5) is 9.59 Å². The highest BCUT2D eigenvalue weighted by Gasteiger charge is 2.26. The van der Waals surface area contributed by atoms with E-state index in [4.69, 9.17) is 47.4 Å². The number of benzene rings is 1. The molecule has 0 fully saturated rings. The van der Waals surface area contributed by atoms with Crippen LogP contribution in [0.3, 0.4) is 0 Å². The molecule has 0 atom stereocenters. The van der Waals surface area contributed by atoms with E-state index in [-0.39, 0.29) is 26.4 Å². The van der Waals surface area contributed by atoms with Gasteiger partial charge in [-0.05, 0) is 77.9 Å². The number of hydrogen-bond donors (Lipinski definition) is 0. The number of aromatic nitrogens is 2. The van der Waals surface area contributed by atoms with Gasteiger partial charge in [0.15, 0.2) is 0 Å². The molecule has 0 spiro atoms. The van der Waals surface area contributed by atoms with Crippen LogP contribution >= 0.6 is 0 Å². The third-order valence-corrected chi connectivity index (χ3v) is 6.89. The Morgan fingerprint density at radius 3 is 1.17 bits per heavy atom. The summed E-state index contributed by atoms with van der Waals surface area (Å²) in [5, 5.41) is 0. The van der Waals surface area contributed by atoms with Gasteiger partial charge in [0.25, 0.3) is 0 Å². The minimum atomic E-state index is -0.720. The van der Waals surface area contributed by atoms with E-state index in [1.807, 2.05) is 0 Å². The molecule has 0 aliphatic carbocycles. The maximum absolute atomic E-state index is 13.3. The Kier molecular flexibility index (Phi) is 17.6. The molecule has 14 heteroatoms. The highest BCUT2D eigenvalue weighted by atomic mass is 16.6. The first-order valence-corrected chi connectivity index (χ1v) is 17.4. The van der Waals surface area contributed by atoms with Crippen LogP contribution in [-0.4, -0.2) is 126 Å². The Bertz CT molecular complexity index is 1390. The number of methoxy groups -OCH3 is 2. The first-order valence-electron chi connectivity index (χ1n) is 17.4. The predicted molar refractivity (Wildman–Crippen MR) is 195 cm³/mol. The fourth-order valence-electron chi connectivity index (χ4n) is 4.69. The number of carbonyl (C=O) groups excluding carboxylic acids is 2. The number of hydrogen-bond acceptors (Lipinski definition) is 12. The fraction of sp³-hybridized carbons (Fsp3) is 0.579. The van der Waals surface area contributed by atoms with Crippen LogP contribution in [-0.2, 0) is 37.9 Å². The summed E-state index contributed by atoms with van der Waals surface area (Å²) in [5.74, 6) is 0.847. The zero-order valence-corrected chi connectivity index (χ0v) is 31.9. The fourth-order valence-corrected chi connectivity index (χ4v) is 4.69. The van der Waals surface area contributed by atoms with Gasteiger partial charge in [-0.3, -0.25) is 9.13 Å². The maximum atomic E-state index is 13.3. The molecular weight excluding hydrogens is 676 g/mol. The molecule has 0 N–H and O–H groups in total. The van der Waals surface area contributed by atoms with Crippen LogP contribution < -0.4 is 9.47 Å². The molecule has 0 radical (unpaired) electrons. The summed E-state index contributed by atoms with van der Waals surface area (Å²) in [5.41, 5.74) is 0.700. The van der Waals surface area contributed by atoms with Crippen LogP contribution in [0.2, 0.25) is 0 Å². The summed E-state index contributed by atoms with van der Waals surface area (Å²) < 4.78 is 59.3. The normalized spacial score (nSPS) is 11.8. The minimum Gasteiger partial charge on any atom is -0.490 e. The topological polar surface area (TPSA) is 136 Å². The smallest absolute Gasteiger partial charge is 0.418 e. The molecule has 2 heterocycles. The van der Waals surface area contributed by atoms with Crippen molar-refractivity contribution in [3.05, 3.63) is 48.8 Å². The van der Waals surface area contributed by atoms with E-state index in [1.165, 1.54) is 9.13 Å². The van der Waals surface area contributed by atoms with Crippen LogP contribution in [0.25, 0.3) is 22.5 Å². The van der Waals surface area contributed by atoms with Crippen molar-refractivity contribution < 1.29 is 57.0 Å². The molecule has 290 valence electrons. The molecule has 0 aliphatic rings. The third-order valence-electron chi connectivity index (χ3n) is 6.89. The van der Waals surface area contributed by atoms with Gasteiger partial charge in [0.2, 0.25) is 0 Å². The van der Waals surface area contributed by atoms with E-state index >= 15 is 0 Å². The summed E-state index contributed by atoms with van der Waals surface area (Å²) in [6.45, 7) is 15.3. The Morgan fingerprint density at radius 1 is 0.519 bits per heavy atom. The summed E-state index contributed by atoms with van der Waals surface area (Å²) >= 11 is 0. The van der Waals surface area contributed by atoms with Crippen molar-refractivity contribution >= 4 is 12.2 Å². The molecule has 52 heavy (non-hydrogen) atoms. The molecule has 1 aromatic carbocycles. The van der Waals surface area contributed by atoms with Crippen molar-refractivity contribution in [2.24, 2.45) is 0 Å². The van der Waals surface area contributed by atoms with Crippen molar-refractivity contribution in [2.45, 2.75) is 52.7 Å². The quantitative estimate of drug-likeness (QED) is 0.107. The molecule has 0 unspecified atom stereocenters. The van der Waals surface area contributed by atoms with Crippen molar-refractivity contribution in [1.29, 1.82) is 0 Å². The predicted octanol–water partition coefficient (Wildman–Crippen LogP) is 6.31. The van der Waals surface area contributed by atoms with Gasteiger partial charge >= 0.3 is 12.2 Å². The summed E-state index contributed by atoms with van der Waals surface area (Å²) in [4.78, 5) is 26.6. The van der Waals surface area contributed by atoms with Gasteiger partial charge in [-0.1, -0.05) is 0 Å². The lowest BCUT2D eigenvalue weighted by atomic mass is 10.0. The Labute approximate surface area is 307 Å². The summed E-state index contributed by atoms with van der Waals surface area (Å²) in [6, 6.07) is 10.6. The largest absolute Gasteiger partial charge is 0.490 e. The molecule has 3 aromatic rings. The van der Waals surface area contributed by atoms with Crippen LogP contribution in [0, 0.1) is 0 Å². The van der Waals surface area contributed by atoms with Crippen LogP contribution in [0.15, 0.2) is 48.8 Å². The SMILES string of the molecule is COCCOCCOCCOc1cc(-c2cccn2C(=O)OC(C)(C)C)c(OCCOCCOCCOC)cc1-c1cccn1C(=O)OC(C)(C)C. The number of rotatable bonds is 22. The Hall–Kier alpha value is -3.92. The lowest BCUT2D eigenvalue weighted by Crippen LogP contribution is -2.27. The molecule has 0 saturated carbocycles. The van der Waals surface area contributed by atoms with E-state index in [2.05, 4.69) is 0 Å². The second kappa shape index (κ2) is 21.6. The molecule has 0 amide bonds. The van der Waals surface area contributed by atoms with E-state index in [0.29, 0.717) is 86.9 Å². The Balaban J connectivity index is 1.98. The first kappa shape index (κ1) is 42.5. The van der Waals surface area contributed by atoms with E-state index < -0.39 is 23.4 Å². The minimum absolute atomic E-state index is 0.186. The van der Waals surface area contributed by atoms with Crippen molar-refractivity contribution in [2.75, 3.05) is 93.5 Å². The van der Waals surface area contributed by atoms with E-state index in [0.717, 1.165) is 0 Å². The van der Waals surface area contributed by atoms with E-state index in [9.17, 15) is 9.59 Å². The van der Waals surface area contributed by atoms with Gasteiger partial charge in [0.05, 0.1) is 77.5 Å². The maximum Gasteiger partial charge on any atom is 0.418 e. The van der Waals surface area contributed by atoms with Crippen molar-refractivity contribution in [3.8, 4) is 34.0 Å². The average Bonchev–Trinajstić information content (AvgIpc) is 3.76. The molecule has 0 aliphatic heterocycles. The van der Waals surface area contributed by atoms with Gasteiger partial charge in [0.1, 0.15) is 35.9 Å². The number of carbonyl (C=O) groups is 2. The average molecular weight is 733 g/mol. The van der Waals surface area contributed by atoms with Crippen molar-refractivity contribution in [1.82, 2.24) is 9.13 Å². The molecule has 3 rings (SSSR count). The molecule has 0 bridgehead atoms. The molecule has 2 aromatic heterocycles. The highest BCUT2D eigenvalue weighted by molar-refractivity contribution is 5.86. The Morgan fingerprint density at radius 2 is 0.846 bits per heavy atom. The standard InChI is InChI=1S/C38H56N2O12/c1-37(2,3)51-35(41)39-13-9-11-31(39)29-27-34(50-26-24-48-22-20-46-18-16-44-8)30(32-12-10-14-40(32)36(42)52-38(4,5)6)28-33(29)49-25-23-47-21-19-45-17-15-43-7/h9-14,27-28H,15-26H2,1-8H3. The lowest BCUT2D eigenvalue weighted by molar-refractivity contribution is 0.0178. The van der Waals surface area contributed by atoms with Gasteiger partial charge in [0, 0.05) is 37.7 Å². The monoisotopic (exact) mass is 732 g/mol. The molecule has 14 nitrogen and oxygen atoms in total. The number of ether oxygens (including phenoxy) is 10. The lowest BCUT2D eigenvalue weighted by Gasteiger charge is -2.23. The van der Waals surface area contributed by atoms with Crippen molar-refractivity contribution in [3.63, 3.8) is 0 Å². The van der Waals surface area contributed by atoms with Crippen LogP contribution in [0.5, 0.6) is 11.5 Å². The van der Waals surface area contributed by atoms with Gasteiger partial charge in [-0.25, -0.2) is 9.59 Å². The van der Waals surface area contributed by atoms with Gasteiger partial charge < -0.3 is 47.4 Å². The van der Waals surface area contributed by atoms with Gasteiger partial charge in [-0.15, -0.1) is 0 Å². The van der Waals surface area contributed by atoms with E-state index in [1.54, 1.807) is 105 Å². The zero-order chi connectivity index (χ0) is 38.0. The van der Waals surface area contributed by atoms with Crippen LogP contribution in [0.1, 0.15) is 41.5 Å². The third kappa shape index (κ3) is 14.6. The number of nitrogens with zero attached hydrogens (tertiary/aromatic N) is 2. The highest BCUT2D eigenvalue weighted by Crippen LogP contribution is 2.42. The zero-order valence-electron chi connectivity index (χ0n) is 31.9. The molecular formula is C38H56N2O12. The summed E-state index contributed by atoms with van der Waals surface area (Å²) in [7, 11) is 3.24. The second-order valence-corrected chi connectivity index (χ2v) is 13.5. The first-order chi connectivity index (χ1) is 24.8. The van der Waals surface area contributed by atoms with Gasteiger partial charge in [-0.2, -0.15) is 0 Å².